The van der Waals surface area contributed by atoms with E-state index in [4.69, 9.17) is 32.7 Å². The van der Waals surface area contributed by atoms with Crippen LogP contribution in [0.5, 0.6) is 11.5 Å². The standard InChI is InChI=1S/C26H19Cl2N5O3/c1-35-21-11-10-16(12-18(21)15-36-22-9-5-8-20(27)23(22)28)14-30-33-26-31-24(17-6-3-2-4-7-17)19(13-29)25(34)32-26/h2-12,14H,15H2,1H3,(H2,31,32,33,34). The molecular formula is C26H19Cl2N5O3. The number of H-pyrrole nitrogens is 1. The molecule has 0 aliphatic rings. The van der Waals surface area contributed by atoms with Crippen LogP contribution in [-0.4, -0.2) is 23.3 Å². The normalized spacial score (nSPS) is 10.7. The van der Waals surface area contributed by atoms with Crippen LogP contribution in [0.15, 0.2) is 76.6 Å². The van der Waals surface area contributed by atoms with Crippen molar-refractivity contribution in [3.63, 3.8) is 0 Å². The van der Waals surface area contributed by atoms with Crippen molar-refractivity contribution in [2.24, 2.45) is 5.10 Å². The van der Waals surface area contributed by atoms with Crippen LogP contribution in [0.3, 0.4) is 0 Å². The highest BCUT2D eigenvalue weighted by Gasteiger charge is 2.13. The number of rotatable bonds is 8. The van der Waals surface area contributed by atoms with Crippen molar-refractivity contribution in [3.8, 4) is 28.8 Å². The Morgan fingerprint density at radius 2 is 1.92 bits per heavy atom. The highest BCUT2D eigenvalue weighted by atomic mass is 35.5. The number of ether oxygens (including phenoxy) is 2. The Balaban J connectivity index is 1.53. The molecule has 10 heteroatoms. The summed E-state index contributed by atoms with van der Waals surface area (Å²) in [6.07, 6.45) is 1.55. The molecule has 0 atom stereocenters. The molecule has 0 aliphatic carbocycles. The Morgan fingerprint density at radius 3 is 2.67 bits per heavy atom. The van der Waals surface area contributed by atoms with Gasteiger partial charge in [-0.2, -0.15) is 10.4 Å². The fourth-order valence-electron chi connectivity index (χ4n) is 3.35. The van der Waals surface area contributed by atoms with Crippen molar-refractivity contribution in [1.82, 2.24) is 9.97 Å². The molecule has 0 saturated carbocycles. The SMILES string of the molecule is COc1ccc(C=NNc2nc(-c3ccccc3)c(C#N)c(=O)[nH]2)cc1COc1cccc(Cl)c1Cl. The van der Waals surface area contributed by atoms with E-state index in [0.29, 0.717) is 27.1 Å². The van der Waals surface area contributed by atoms with Crippen molar-refractivity contribution < 1.29 is 9.47 Å². The van der Waals surface area contributed by atoms with Gasteiger partial charge in [0.2, 0.25) is 5.95 Å². The summed E-state index contributed by atoms with van der Waals surface area (Å²) in [5.74, 6) is 1.18. The molecule has 4 aromatic rings. The van der Waals surface area contributed by atoms with Gasteiger partial charge in [0.05, 0.1) is 24.0 Å². The van der Waals surface area contributed by atoms with Crippen molar-refractivity contribution in [2.45, 2.75) is 6.61 Å². The van der Waals surface area contributed by atoms with Crippen molar-refractivity contribution in [1.29, 1.82) is 5.26 Å². The first-order valence-corrected chi connectivity index (χ1v) is 11.4. The maximum atomic E-state index is 12.4. The molecule has 8 nitrogen and oxygen atoms in total. The van der Waals surface area contributed by atoms with E-state index in [1.54, 1.807) is 61.9 Å². The Labute approximate surface area is 216 Å². The van der Waals surface area contributed by atoms with E-state index in [1.807, 2.05) is 24.3 Å². The molecule has 0 fully saturated rings. The van der Waals surface area contributed by atoms with Crippen LogP contribution in [0.4, 0.5) is 5.95 Å². The molecule has 1 heterocycles. The third kappa shape index (κ3) is 5.66. The Hall–Kier alpha value is -4.32. The van der Waals surface area contributed by atoms with Crippen LogP contribution in [-0.2, 0) is 6.61 Å². The topological polar surface area (TPSA) is 112 Å². The van der Waals surface area contributed by atoms with E-state index in [2.05, 4.69) is 20.5 Å². The van der Waals surface area contributed by atoms with E-state index in [1.165, 1.54) is 0 Å². The van der Waals surface area contributed by atoms with Gasteiger partial charge < -0.3 is 9.47 Å². The van der Waals surface area contributed by atoms with Gasteiger partial charge in [0, 0.05) is 11.1 Å². The highest BCUT2D eigenvalue weighted by molar-refractivity contribution is 6.42. The van der Waals surface area contributed by atoms with E-state index in [-0.39, 0.29) is 23.8 Å². The monoisotopic (exact) mass is 519 g/mol. The number of methoxy groups -OCH3 is 1. The minimum absolute atomic E-state index is 0.0738. The van der Waals surface area contributed by atoms with Crippen molar-refractivity contribution >= 4 is 35.4 Å². The molecule has 0 bridgehead atoms. The summed E-state index contributed by atoms with van der Waals surface area (Å²) in [6.45, 7) is 0.184. The van der Waals surface area contributed by atoms with Gasteiger partial charge in [-0.1, -0.05) is 59.6 Å². The minimum Gasteiger partial charge on any atom is -0.496 e. The molecule has 36 heavy (non-hydrogen) atoms. The molecule has 0 unspecified atom stereocenters. The van der Waals surface area contributed by atoms with Crippen LogP contribution >= 0.6 is 23.2 Å². The number of anilines is 1. The Morgan fingerprint density at radius 1 is 1.11 bits per heavy atom. The molecule has 180 valence electrons. The molecule has 0 aliphatic heterocycles. The number of hydrazone groups is 1. The number of halogens is 2. The molecular weight excluding hydrogens is 501 g/mol. The number of nitrogens with one attached hydrogen (secondary N) is 2. The average Bonchev–Trinajstić information content (AvgIpc) is 2.90. The predicted octanol–water partition coefficient (Wildman–Crippen LogP) is 5.65. The van der Waals surface area contributed by atoms with Crippen molar-refractivity contribution in [3.05, 3.63) is 104 Å². The molecule has 4 rings (SSSR count). The summed E-state index contributed by atoms with van der Waals surface area (Å²) in [5.41, 5.74) is 4.48. The van der Waals surface area contributed by atoms with E-state index in [0.717, 1.165) is 11.1 Å². The fourth-order valence-corrected chi connectivity index (χ4v) is 3.69. The molecule has 0 spiro atoms. The smallest absolute Gasteiger partial charge is 0.270 e. The maximum absolute atomic E-state index is 12.4. The lowest BCUT2D eigenvalue weighted by Crippen LogP contribution is -2.16. The van der Waals surface area contributed by atoms with E-state index >= 15 is 0 Å². The summed E-state index contributed by atoms with van der Waals surface area (Å²) in [5, 5.41) is 14.3. The summed E-state index contributed by atoms with van der Waals surface area (Å²) >= 11 is 12.3. The van der Waals surface area contributed by atoms with Gasteiger partial charge in [-0.15, -0.1) is 0 Å². The third-order valence-electron chi connectivity index (χ3n) is 5.07. The zero-order valence-electron chi connectivity index (χ0n) is 19.0. The lowest BCUT2D eigenvalue weighted by Gasteiger charge is -2.12. The van der Waals surface area contributed by atoms with Gasteiger partial charge in [-0.05, 0) is 35.9 Å². The second-order valence-electron chi connectivity index (χ2n) is 7.40. The van der Waals surface area contributed by atoms with Crippen LogP contribution in [0.25, 0.3) is 11.3 Å². The van der Waals surface area contributed by atoms with E-state index in [9.17, 15) is 10.1 Å². The van der Waals surface area contributed by atoms with Gasteiger partial charge >= 0.3 is 0 Å². The predicted molar refractivity (Wildman–Crippen MR) is 140 cm³/mol. The number of hydrogen-bond donors (Lipinski definition) is 2. The maximum Gasteiger partial charge on any atom is 0.270 e. The number of nitriles is 1. The largest absolute Gasteiger partial charge is 0.496 e. The number of hydrogen-bond acceptors (Lipinski definition) is 7. The van der Waals surface area contributed by atoms with Crippen LogP contribution in [0.2, 0.25) is 10.0 Å². The molecule has 3 aromatic carbocycles. The van der Waals surface area contributed by atoms with Gasteiger partial charge in [0.25, 0.3) is 5.56 Å². The lowest BCUT2D eigenvalue weighted by molar-refractivity contribution is 0.297. The molecule has 0 radical (unpaired) electrons. The molecule has 2 N–H and O–H groups in total. The molecule has 0 amide bonds. The van der Waals surface area contributed by atoms with Crippen molar-refractivity contribution in [2.75, 3.05) is 12.5 Å². The van der Waals surface area contributed by atoms with E-state index < -0.39 is 5.56 Å². The highest BCUT2D eigenvalue weighted by Crippen LogP contribution is 2.32. The van der Waals surface area contributed by atoms with Crippen LogP contribution in [0, 0.1) is 11.3 Å². The third-order valence-corrected chi connectivity index (χ3v) is 5.87. The first kappa shape index (κ1) is 24.8. The number of benzene rings is 3. The fraction of sp³-hybridized carbons (Fsp3) is 0.0769. The van der Waals surface area contributed by atoms with Gasteiger partial charge in [-0.25, -0.2) is 10.4 Å². The number of nitrogens with zero attached hydrogens (tertiary/aromatic N) is 3. The average molecular weight is 520 g/mol. The summed E-state index contributed by atoms with van der Waals surface area (Å²) in [7, 11) is 1.57. The van der Waals surface area contributed by atoms with Gasteiger partial charge in [-0.3, -0.25) is 9.78 Å². The molecule has 1 aromatic heterocycles. The second-order valence-corrected chi connectivity index (χ2v) is 8.18. The Kier molecular flexibility index (Phi) is 7.85. The van der Waals surface area contributed by atoms with Crippen LogP contribution in [0.1, 0.15) is 16.7 Å². The summed E-state index contributed by atoms with van der Waals surface area (Å²) in [4.78, 5) is 19.3. The zero-order valence-corrected chi connectivity index (χ0v) is 20.5. The molecule has 0 saturated heterocycles. The zero-order chi connectivity index (χ0) is 25.5. The summed E-state index contributed by atoms with van der Waals surface area (Å²) in [6, 6.07) is 21.5. The number of aromatic amines is 1. The first-order chi connectivity index (χ1) is 17.5. The lowest BCUT2D eigenvalue weighted by atomic mass is 10.1. The second kappa shape index (κ2) is 11.4. The minimum atomic E-state index is -0.562. The number of aromatic nitrogens is 2. The first-order valence-electron chi connectivity index (χ1n) is 10.6. The Bertz CT molecular complexity index is 1510. The summed E-state index contributed by atoms with van der Waals surface area (Å²) < 4.78 is 11.3. The van der Waals surface area contributed by atoms with Gasteiger partial charge in [0.1, 0.15) is 34.8 Å². The van der Waals surface area contributed by atoms with Gasteiger partial charge in [0.15, 0.2) is 0 Å². The van der Waals surface area contributed by atoms with Crippen LogP contribution < -0.4 is 20.5 Å². The quantitative estimate of drug-likeness (QED) is 0.229.